The molecule has 0 fully saturated rings. The summed E-state index contributed by atoms with van der Waals surface area (Å²) in [6, 6.07) is 59.9. The molecular formula is C51H32N4. The van der Waals surface area contributed by atoms with Crippen molar-refractivity contribution >= 4 is 65.0 Å². The molecule has 4 heteroatoms. The third-order valence-electron chi connectivity index (χ3n) is 11.0. The maximum absolute atomic E-state index is 5.46. The van der Waals surface area contributed by atoms with Gasteiger partial charge in [-0.15, -0.1) is 0 Å². The molecule has 55 heavy (non-hydrogen) atoms. The van der Waals surface area contributed by atoms with Gasteiger partial charge in [0.1, 0.15) is 0 Å². The Bertz CT molecular complexity index is 3320. The Kier molecular flexibility index (Phi) is 7.04. The number of nitrogens with zero attached hydrogens (tertiary/aromatic N) is 4. The van der Waals surface area contributed by atoms with E-state index in [4.69, 9.17) is 19.9 Å². The van der Waals surface area contributed by atoms with Crippen LogP contribution in [0.25, 0.3) is 110 Å². The summed E-state index contributed by atoms with van der Waals surface area (Å²) in [5, 5.41) is 10.5. The van der Waals surface area contributed by atoms with Gasteiger partial charge in [-0.05, 0) is 57.8 Å². The molecule has 4 heterocycles. The molecule has 256 valence electrons. The lowest BCUT2D eigenvalue weighted by Gasteiger charge is -2.15. The van der Waals surface area contributed by atoms with Gasteiger partial charge < -0.3 is 0 Å². The van der Waals surface area contributed by atoms with Crippen LogP contribution in [0.2, 0.25) is 0 Å². The largest absolute Gasteiger partial charge is 0.253 e. The van der Waals surface area contributed by atoms with Gasteiger partial charge in [0.15, 0.2) is 0 Å². The first-order chi connectivity index (χ1) is 27.2. The summed E-state index contributed by atoms with van der Waals surface area (Å²) in [7, 11) is 0. The standard InChI is InChI=1S/C51H32N4/c1-31-19-27-44(53-47(31)45-28-26-35-24-25-36-29-37(32-11-3-2-4-12-32)30-52-49(36)50(35)54-45)33-20-22-34(23-21-33)48-43-18-10-8-16-41(43)46-40-15-7-5-13-38(40)39-14-6-9-17-42(39)51(46)55-48/h2-30H,1H3. The van der Waals surface area contributed by atoms with Crippen molar-refractivity contribution in [2.45, 2.75) is 6.92 Å². The molecule has 0 amide bonds. The number of pyridine rings is 4. The van der Waals surface area contributed by atoms with Crippen molar-refractivity contribution in [2.24, 2.45) is 0 Å². The molecular weight excluding hydrogens is 669 g/mol. The lowest BCUT2D eigenvalue weighted by Crippen LogP contribution is -1.96. The van der Waals surface area contributed by atoms with Crippen LogP contribution in [0, 0.1) is 6.92 Å². The lowest BCUT2D eigenvalue weighted by molar-refractivity contribution is 1.23. The fourth-order valence-corrected chi connectivity index (χ4v) is 8.26. The molecule has 0 radical (unpaired) electrons. The van der Waals surface area contributed by atoms with Gasteiger partial charge in [0, 0.05) is 49.8 Å². The van der Waals surface area contributed by atoms with E-state index in [9.17, 15) is 0 Å². The minimum atomic E-state index is 0.830. The van der Waals surface area contributed by atoms with Crippen molar-refractivity contribution in [1.29, 1.82) is 0 Å². The molecule has 0 bridgehead atoms. The van der Waals surface area contributed by atoms with Crippen molar-refractivity contribution in [3.05, 3.63) is 182 Å². The highest BCUT2D eigenvalue weighted by Crippen LogP contribution is 2.41. The summed E-state index contributed by atoms with van der Waals surface area (Å²) in [5.41, 5.74) is 11.8. The summed E-state index contributed by atoms with van der Waals surface area (Å²) < 4.78 is 0. The minimum Gasteiger partial charge on any atom is -0.253 e. The van der Waals surface area contributed by atoms with Crippen molar-refractivity contribution in [2.75, 3.05) is 0 Å². The predicted molar refractivity (Wildman–Crippen MR) is 229 cm³/mol. The summed E-state index contributed by atoms with van der Waals surface area (Å²) in [6.45, 7) is 2.10. The number of aromatic nitrogens is 4. The smallest absolute Gasteiger partial charge is 0.0972 e. The van der Waals surface area contributed by atoms with Crippen LogP contribution in [0.4, 0.5) is 0 Å². The van der Waals surface area contributed by atoms with Crippen LogP contribution in [0.3, 0.4) is 0 Å². The Hall–Kier alpha value is -7.30. The lowest BCUT2D eigenvalue weighted by atomic mass is 9.92. The Morgan fingerprint density at radius 1 is 0.345 bits per heavy atom. The molecule has 11 rings (SSSR count). The highest BCUT2D eigenvalue weighted by Gasteiger charge is 2.17. The SMILES string of the molecule is Cc1ccc(-c2ccc(-c3nc4c5ccccc5c5ccccc5c4c4ccccc34)cc2)nc1-c1ccc2ccc3cc(-c4ccccc4)cnc3c2n1. The minimum absolute atomic E-state index is 0.830. The van der Waals surface area contributed by atoms with Crippen LogP contribution < -0.4 is 0 Å². The number of benzene rings is 7. The van der Waals surface area contributed by atoms with Crippen LogP contribution in [0.5, 0.6) is 0 Å². The summed E-state index contributed by atoms with van der Waals surface area (Å²) in [4.78, 5) is 20.8. The zero-order chi connectivity index (χ0) is 36.5. The first-order valence-corrected chi connectivity index (χ1v) is 18.6. The van der Waals surface area contributed by atoms with Crippen LogP contribution >= 0.6 is 0 Å². The molecule has 7 aromatic carbocycles. The van der Waals surface area contributed by atoms with Gasteiger partial charge in [-0.3, -0.25) is 4.98 Å². The van der Waals surface area contributed by atoms with Crippen LogP contribution in [0.1, 0.15) is 5.56 Å². The molecule has 11 aromatic rings. The van der Waals surface area contributed by atoms with Gasteiger partial charge in [0.05, 0.1) is 39.3 Å². The summed E-state index contributed by atoms with van der Waals surface area (Å²) in [6.07, 6.45) is 1.94. The maximum Gasteiger partial charge on any atom is 0.0972 e. The Balaban J connectivity index is 1.00. The van der Waals surface area contributed by atoms with E-state index in [1.165, 1.54) is 32.3 Å². The zero-order valence-electron chi connectivity index (χ0n) is 30.0. The molecule has 4 nitrogen and oxygen atoms in total. The number of hydrogen-bond donors (Lipinski definition) is 0. The van der Waals surface area contributed by atoms with E-state index in [0.717, 1.165) is 83.3 Å². The third-order valence-corrected chi connectivity index (χ3v) is 11.0. The van der Waals surface area contributed by atoms with E-state index >= 15 is 0 Å². The molecule has 4 aromatic heterocycles. The van der Waals surface area contributed by atoms with E-state index < -0.39 is 0 Å². The molecule has 0 aliphatic carbocycles. The maximum atomic E-state index is 5.46. The van der Waals surface area contributed by atoms with E-state index in [-0.39, 0.29) is 0 Å². The van der Waals surface area contributed by atoms with E-state index in [2.05, 4.69) is 171 Å². The molecule has 0 aliphatic heterocycles. The average Bonchev–Trinajstić information content (AvgIpc) is 3.26. The van der Waals surface area contributed by atoms with E-state index in [1.54, 1.807) is 0 Å². The first kappa shape index (κ1) is 31.2. The van der Waals surface area contributed by atoms with Gasteiger partial charge in [-0.2, -0.15) is 0 Å². The predicted octanol–water partition coefficient (Wildman–Crippen LogP) is 13.2. The van der Waals surface area contributed by atoms with E-state index in [0.29, 0.717) is 0 Å². The Labute approximate surface area is 317 Å². The first-order valence-electron chi connectivity index (χ1n) is 18.6. The second kappa shape index (κ2) is 12.4. The number of hydrogen-bond acceptors (Lipinski definition) is 4. The fraction of sp³-hybridized carbons (Fsp3) is 0.0196. The third kappa shape index (κ3) is 5.07. The van der Waals surface area contributed by atoms with Gasteiger partial charge in [0.2, 0.25) is 0 Å². The number of fused-ring (bicyclic) bond motifs is 11. The van der Waals surface area contributed by atoms with Crippen molar-refractivity contribution in [3.8, 4) is 45.0 Å². The summed E-state index contributed by atoms with van der Waals surface area (Å²) in [5.74, 6) is 0. The van der Waals surface area contributed by atoms with E-state index in [1.807, 2.05) is 12.3 Å². The van der Waals surface area contributed by atoms with Crippen LogP contribution in [-0.2, 0) is 0 Å². The molecule has 0 N–H and O–H groups in total. The van der Waals surface area contributed by atoms with Gasteiger partial charge >= 0.3 is 0 Å². The average molecular weight is 701 g/mol. The van der Waals surface area contributed by atoms with Crippen molar-refractivity contribution in [3.63, 3.8) is 0 Å². The molecule has 0 atom stereocenters. The second-order valence-corrected chi connectivity index (χ2v) is 14.3. The zero-order valence-corrected chi connectivity index (χ0v) is 30.0. The second-order valence-electron chi connectivity index (χ2n) is 14.3. The topological polar surface area (TPSA) is 51.6 Å². The van der Waals surface area contributed by atoms with Crippen LogP contribution in [0.15, 0.2) is 176 Å². The highest BCUT2D eigenvalue weighted by atomic mass is 14.8. The Morgan fingerprint density at radius 2 is 0.945 bits per heavy atom. The number of rotatable bonds is 4. The van der Waals surface area contributed by atoms with Crippen LogP contribution in [-0.4, -0.2) is 19.9 Å². The fourth-order valence-electron chi connectivity index (χ4n) is 8.26. The highest BCUT2D eigenvalue weighted by molar-refractivity contribution is 6.31. The monoisotopic (exact) mass is 700 g/mol. The Morgan fingerprint density at radius 3 is 1.73 bits per heavy atom. The van der Waals surface area contributed by atoms with Gasteiger partial charge in [0.25, 0.3) is 0 Å². The molecule has 0 saturated carbocycles. The summed E-state index contributed by atoms with van der Waals surface area (Å²) >= 11 is 0. The normalized spacial score (nSPS) is 11.7. The molecule has 0 spiro atoms. The number of aryl methyl sites for hydroxylation is 1. The van der Waals surface area contributed by atoms with Crippen molar-refractivity contribution in [1.82, 2.24) is 19.9 Å². The molecule has 0 unspecified atom stereocenters. The van der Waals surface area contributed by atoms with Gasteiger partial charge in [-0.1, -0.05) is 152 Å². The van der Waals surface area contributed by atoms with Gasteiger partial charge in [-0.25, -0.2) is 15.0 Å². The molecule has 0 saturated heterocycles. The molecule has 0 aliphatic rings. The van der Waals surface area contributed by atoms with Crippen molar-refractivity contribution < 1.29 is 0 Å². The quantitative estimate of drug-likeness (QED) is 0.172.